The second-order valence-corrected chi connectivity index (χ2v) is 6.91. The number of rotatable bonds is 6. The molecule has 144 valence electrons. The van der Waals surface area contributed by atoms with Gasteiger partial charge in [-0.1, -0.05) is 19.1 Å². The fourth-order valence-corrected chi connectivity index (χ4v) is 3.37. The van der Waals surface area contributed by atoms with E-state index in [0.717, 1.165) is 38.7 Å². The van der Waals surface area contributed by atoms with E-state index < -0.39 is 5.82 Å². The Kier molecular flexibility index (Phi) is 6.56. The topological polar surface area (TPSA) is 35.5 Å². The van der Waals surface area contributed by atoms with Crippen LogP contribution < -0.4 is 4.74 Å². The van der Waals surface area contributed by atoms with Crippen molar-refractivity contribution in [3.05, 3.63) is 54.1 Å². The lowest BCUT2D eigenvalue weighted by Crippen LogP contribution is -2.29. The van der Waals surface area contributed by atoms with Crippen LogP contribution >= 0.6 is 0 Å². The highest BCUT2D eigenvalue weighted by atomic mass is 19.1. The van der Waals surface area contributed by atoms with E-state index in [4.69, 9.17) is 9.47 Å². The van der Waals surface area contributed by atoms with Gasteiger partial charge in [-0.3, -0.25) is 4.79 Å². The minimum Gasteiger partial charge on any atom is -0.426 e. The van der Waals surface area contributed by atoms with E-state index in [1.165, 1.54) is 30.3 Å². The van der Waals surface area contributed by atoms with Crippen molar-refractivity contribution in [1.82, 2.24) is 0 Å². The average Bonchev–Trinajstić information content (AvgIpc) is 2.68. The van der Waals surface area contributed by atoms with Crippen LogP contribution in [0.5, 0.6) is 5.75 Å². The van der Waals surface area contributed by atoms with Crippen LogP contribution in [0.15, 0.2) is 42.5 Å². The monoisotopic (exact) mass is 374 g/mol. The predicted molar refractivity (Wildman–Crippen MR) is 99.4 cm³/mol. The van der Waals surface area contributed by atoms with E-state index in [2.05, 4.69) is 6.92 Å². The highest BCUT2D eigenvalue weighted by molar-refractivity contribution is 5.75. The summed E-state index contributed by atoms with van der Waals surface area (Å²) in [6.45, 7) is 2.82. The Morgan fingerprint density at radius 2 is 1.74 bits per heavy atom. The number of ether oxygens (including phenoxy) is 2. The van der Waals surface area contributed by atoms with Crippen molar-refractivity contribution in [2.75, 3.05) is 6.61 Å². The van der Waals surface area contributed by atoms with Gasteiger partial charge in [-0.2, -0.15) is 0 Å². The van der Waals surface area contributed by atoms with E-state index in [-0.39, 0.29) is 29.6 Å². The molecule has 3 nitrogen and oxygen atoms in total. The summed E-state index contributed by atoms with van der Waals surface area (Å²) in [4.78, 5) is 12.4. The molecule has 1 aliphatic rings. The third-order valence-electron chi connectivity index (χ3n) is 4.88. The maximum absolute atomic E-state index is 14.4. The average molecular weight is 374 g/mol. The second kappa shape index (κ2) is 9.09. The van der Waals surface area contributed by atoms with Crippen molar-refractivity contribution in [3.63, 3.8) is 0 Å². The first-order valence-corrected chi connectivity index (χ1v) is 9.45. The molecule has 0 atom stereocenters. The van der Waals surface area contributed by atoms with Gasteiger partial charge in [-0.05, 0) is 61.9 Å². The van der Waals surface area contributed by atoms with Crippen LogP contribution in [-0.2, 0) is 9.53 Å². The molecule has 0 saturated heterocycles. The van der Waals surface area contributed by atoms with Crippen molar-refractivity contribution in [1.29, 1.82) is 0 Å². The fraction of sp³-hybridized carbons (Fsp3) is 0.409. The highest BCUT2D eigenvalue weighted by Gasteiger charge is 2.28. The van der Waals surface area contributed by atoms with Crippen LogP contribution in [0.4, 0.5) is 8.78 Å². The van der Waals surface area contributed by atoms with Gasteiger partial charge in [0.2, 0.25) is 0 Å². The summed E-state index contributed by atoms with van der Waals surface area (Å²) in [5.41, 5.74) is 0.903. The third kappa shape index (κ3) is 5.13. The summed E-state index contributed by atoms with van der Waals surface area (Å²) in [7, 11) is 0. The quantitative estimate of drug-likeness (QED) is 0.493. The molecule has 5 heteroatoms. The number of hydrogen-bond donors (Lipinski definition) is 0. The van der Waals surface area contributed by atoms with E-state index in [1.807, 2.05) is 0 Å². The molecule has 0 bridgehead atoms. The van der Waals surface area contributed by atoms with Crippen LogP contribution in [0.3, 0.4) is 0 Å². The summed E-state index contributed by atoms with van der Waals surface area (Å²) < 4.78 is 38.5. The van der Waals surface area contributed by atoms with E-state index >= 15 is 0 Å². The number of carbonyl (C=O) groups is 1. The second-order valence-electron chi connectivity index (χ2n) is 6.91. The molecule has 0 aliphatic heterocycles. The number of halogens is 2. The molecular weight excluding hydrogens is 350 g/mol. The molecule has 0 spiro atoms. The van der Waals surface area contributed by atoms with Crippen LogP contribution in [0.1, 0.15) is 39.0 Å². The minimum absolute atomic E-state index is 0.175. The Morgan fingerprint density at radius 3 is 2.37 bits per heavy atom. The van der Waals surface area contributed by atoms with E-state index in [0.29, 0.717) is 11.1 Å². The molecule has 1 aliphatic carbocycles. The lowest BCUT2D eigenvalue weighted by molar-refractivity contribution is -0.141. The van der Waals surface area contributed by atoms with Gasteiger partial charge in [0, 0.05) is 18.2 Å². The molecule has 2 aromatic carbocycles. The maximum atomic E-state index is 14.4. The molecule has 2 aromatic rings. The van der Waals surface area contributed by atoms with Crippen molar-refractivity contribution < 1.29 is 23.0 Å². The summed E-state index contributed by atoms with van der Waals surface area (Å²) in [6.07, 6.45) is 4.35. The fourth-order valence-electron chi connectivity index (χ4n) is 3.37. The third-order valence-corrected chi connectivity index (χ3v) is 4.88. The zero-order valence-corrected chi connectivity index (χ0v) is 15.4. The largest absolute Gasteiger partial charge is 0.426 e. The first-order valence-electron chi connectivity index (χ1n) is 9.45. The number of carbonyl (C=O) groups excluding carboxylic acids is 1. The van der Waals surface area contributed by atoms with Gasteiger partial charge in [-0.15, -0.1) is 0 Å². The maximum Gasteiger partial charge on any atom is 0.314 e. The van der Waals surface area contributed by atoms with Gasteiger partial charge in [0.15, 0.2) is 0 Å². The number of esters is 1. The Balaban J connectivity index is 1.59. The van der Waals surface area contributed by atoms with Crippen LogP contribution in [0.2, 0.25) is 0 Å². The van der Waals surface area contributed by atoms with Crippen molar-refractivity contribution in [2.45, 2.75) is 45.1 Å². The Hall–Kier alpha value is -2.27. The molecule has 1 fully saturated rings. The number of hydrogen-bond acceptors (Lipinski definition) is 3. The van der Waals surface area contributed by atoms with Gasteiger partial charge in [0.1, 0.15) is 17.4 Å². The molecule has 0 N–H and O–H groups in total. The molecule has 1 saturated carbocycles. The van der Waals surface area contributed by atoms with Crippen LogP contribution in [-0.4, -0.2) is 18.7 Å². The first-order chi connectivity index (χ1) is 13.1. The van der Waals surface area contributed by atoms with E-state index in [1.54, 1.807) is 12.1 Å². The van der Waals surface area contributed by atoms with Gasteiger partial charge in [0.25, 0.3) is 0 Å². The summed E-state index contributed by atoms with van der Waals surface area (Å²) in [6, 6.07) is 9.90. The minimum atomic E-state index is -0.511. The lowest BCUT2D eigenvalue weighted by Gasteiger charge is -2.27. The lowest BCUT2D eigenvalue weighted by atomic mass is 9.87. The molecule has 0 amide bonds. The van der Waals surface area contributed by atoms with Gasteiger partial charge in [-0.25, -0.2) is 8.78 Å². The van der Waals surface area contributed by atoms with E-state index in [9.17, 15) is 13.6 Å². The Bertz CT molecular complexity index is 766. The molecule has 27 heavy (non-hydrogen) atoms. The van der Waals surface area contributed by atoms with Gasteiger partial charge in [0.05, 0.1) is 12.0 Å². The zero-order valence-electron chi connectivity index (χ0n) is 15.4. The Labute approximate surface area is 158 Å². The standard InChI is InChI=1S/C22H24F2O3/c1-2-13-26-18-9-5-16(6-10-18)22(25)27-19-11-12-20(21(24)14-19)15-3-7-17(23)8-4-15/h3-4,7-8,11-12,14,16,18H,2,5-6,9-10,13H2,1H3/t16-,18-. The normalized spacial score (nSPS) is 19.7. The summed E-state index contributed by atoms with van der Waals surface area (Å²) in [5, 5.41) is 0. The Morgan fingerprint density at radius 1 is 1.04 bits per heavy atom. The summed E-state index contributed by atoms with van der Waals surface area (Å²) in [5.74, 6) is -1.19. The molecular formula is C22H24F2O3. The van der Waals surface area contributed by atoms with Gasteiger partial charge >= 0.3 is 5.97 Å². The number of benzene rings is 2. The molecule has 0 radical (unpaired) electrons. The predicted octanol–water partition coefficient (Wildman–Crippen LogP) is 5.52. The highest BCUT2D eigenvalue weighted by Crippen LogP contribution is 2.30. The van der Waals surface area contributed by atoms with Crippen molar-refractivity contribution in [2.24, 2.45) is 5.92 Å². The molecule has 0 heterocycles. The summed E-state index contributed by atoms with van der Waals surface area (Å²) >= 11 is 0. The zero-order chi connectivity index (χ0) is 19.2. The van der Waals surface area contributed by atoms with Crippen LogP contribution in [0.25, 0.3) is 11.1 Å². The van der Waals surface area contributed by atoms with Crippen molar-refractivity contribution in [3.8, 4) is 16.9 Å². The van der Waals surface area contributed by atoms with Crippen molar-refractivity contribution >= 4 is 5.97 Å². The van der Waals surface area contributed by atoms with Gasteiger partial charge < -0.3 is 9.47 Å². The molecule has 3 rings (SSSR count). The molecule has 0 unspecified atom stereocenters. The first kappa shape index (κ1) is 19.5. The smallest absolute Gasteiger partial charge is 0.314 e. The SMILES string of the molecule is CCCO[C@H]1CC[C@H](C(=O)Oc2ccc(-c3ccc(F)cc3)c(F)c2)CC1. The molecule has 0 aromatic heterocycles. The van der Waals surface area contributed by atoms with Crippen LogP contribution in [0, 0.1) is 17.6 Å².